The molecule has 21 heavy (non-hydrogen) atoms. The molecule has 1 saturated heterocycles. The maximum atomic E-state index is 13.5. The van der Waals surface area contributed by atoms with E-state index in [0.717, 1.165) is 0 Å². The average Bonchev–Trinajstić information content (AvgIpc) is 2.44. The molecule has 5 nitrogen and oxygen atoms in total. The van der Waals surface area contributed by atoms with Gasteiger partial charge in [-0.1, -0.05) is 23.7 Å². The quantitative estimate of drug-likeness (QED) is 0.944. The highest BCUT2D eigenvalue weighted by Crippen LogP contribution is 2.18. The van der Waals surface area contributed by atoms with Gasteiger partial charge in [-0.25, -0.2) is 4.39 Å². The van der Waals surface area contributed by atoms with Crippen LogP contribution in [0.4, 0.5) is 10.2 Å². The average molecular weight is 307 g/mol. The van der Waals surface area contributed by atoms with Gasteiger partial charge in [0.05, 0.1) is 11.6 Å². The number of carbonyl (C=O) groups is 1. The van der Waals surface area contributed by atoms with Gasteiger partial charge in [0.25, 0.3) is 5.91 Å². The van der Waals surface area contributed by atoms with Gasteiger partial charge in [-0.15, -0.1) is 10.2 Å². The molecule has 0 unspecified atom stereocenters. The molecular formula is C14H12ClFN4O. The van der Waals surface area contributed by atoms with Crippen LogP contribution in [0.5, 0.6) is 0 Å². The maximum Gasteiger partial charge on any atom is 0.256 e. The van der Waals surface area contributed by atoms with E-state index < -0.39 is 5.82 Å². The fourth-order valence-corrected chi connectivity index (χ4v) is 2.24. The normalized spacial score (nSPS) is 14.7. The van der Waals surface area contributed by atoms with Gasteiger partial charge in [-0.2, -0.15) is 0 Å². The summed E-state index contributed by atoms with van der Waals surface area (Å²) in [5.74, 6) is -0.196. The van der Waals surface area contributed by atoms with Crippen LogP contribution < -0.4 is 5.32 Å². The predicted octanol–water partition coefficient (Wildman–Crippen LogP) is 2.21. The first-order chi connectivity index (χ1) is 10.1. The number of amides is 1. The summed E-state index contributed by atoms with van der Waals surface area (Å²) in [6, 6.07) is 9.42. The van der Waals surface area contributed by atoms with Crippen molar-refractivity contribution in [3.8, 4) is 0 Å². The molecule has 0 aliphatic carbocycles. The number of anilines is 1. The van der Waals surface area contributed by atoms with Gasteiger partial charge in [0, 0.05) is 13.1 Å². The van der Waals surface area contributed by atoms with E-state index in [4.69, 9.17) is 11.6 Å². The van der Waals surface area contributed by atoms with Gasteiger partial charge < -0.3 is 10.2 Å². The van der Waals surface area contributed by atoms with Gasteiger partial charge in [-0.05, 0) is 24.3 Å². The summed E-state index contributed by atoms with van der Waals surface area (Å²) in [7, 11) is 0. The van der Waals surface area contributed by atoms with Crippen molar-refractivity contribution in [3.05, 3.63) is 52.9 Å². The lowest BCUT2D eigenvalue weighted by molar-refractivity contribution is 0.0620. The number of hydrogen-bond acceptors (Lipinski definition) is 4. The summed E-state index contributed by atoms with van der Waals surface area (Å²) >= 11 is 5.65. The predicted molar refractivity (Wildman–Crippen MR) is 76.8 cm³/mol. The zero-order valence-electron chi connectivity index (χ0n) is 11.0. The molecule has 3 rings (SSSR count). The molecular weight excluding hydrogens is 295 g/mol. The Labute approximate surface area is 125 Å². The van der Waals surface area contributed by atoms with Crippen molar-refractivity contribution in [3.63, 3.8) is 0 Å². The van der Waals surface area contributed by atoms with Gasteiger partial charge in [0.1, 0.15) is 11.6 Å². The fourth-order valence-electron chi connectivity index (χ4n) is 2.14. The molecule has 2 heterocycles. The number of aromatic nitrogens is 2. The molecule has 0 bridgehead atoms. The van der Waals surface area contributed by atoms with Crippen molar-refractivity contribution in [2.24, 2.45) is 0 Å². The zero-order valence-corrected chi connectivity index (χ0v) is 11.7. The Kier molecular flexibility index (Phi) is 3.70. The number of halogens is 2. The van der Waals surface area contributed by atoms with Crippen LogP contribution in [-0.4, -0.2) is 40.1 Å². The smallest absolute Gasteiger partial charge is 0.256 e. The van der Waals surface area contributed by atoms with Crippen molar-refractivity contribution in [1.82, 2.24) is 15.1 Å². The highest BCUT2D eigenvalue weighted by molar-refractivity contribution is 6.29. The molecule has 1 aromatic carbocycles. The molecule has 1 aliphatic heterocycles. The first-order valence-electron chi connectivity index (χ1n) is 6.43. The Bertz CT molecular complexity index is 658. The second-order valence-corrected chi connectivity index (χ2v) is 5.16. The van der Waals surface area contributed by atoms with Crippen LogP contribution in [0.1, 0.15) is 10.4 Å². The van der Waals surface area contributed by atoms with Crippen LogP contribution in [0.2, 0.25) is 5.15 Å². The molecule has 1 fully saturated rings. The van der Waals surface area contributed by atoms with E-state index in [1.54, 1.807) is 29.2 Å². The van der Waals surface area contributed by atoms with Crippen LogP contribution in [0.3, 0.4) is 0 Å². The Morgan fingerprint density at radius 3 is 2.67 bits per heavy atom. The summed E-state index contributed by atoms with van der Waals surface area (Å²) in [5.41, 5.74) is 0.0993. The SMILES string of the molecule is O=C(c1ccccc1F)N1CC(Nc2ccc(Cl)nn2)C1. The lowest BCUT2D eigenvalue weighted by Crippen LogP contribution is -2.57. The maximum absolute atomic E-state index is 13.5. The minimum absolute atomic E-state index is 0.0798. The number of carbonyl (C=O) groups excluding carboxylic acids is 1. The Morgan fingerprint density at radius 1 is 1.24 bits per heavy atom. The lowest BCUT2D eigenvalue weighted by Gasteiger charge is -2.39. The van der Waals surface area contributed by atoms with Gasteiger partial charge in [0.15, 0.2) is 5.15 Å². The van der Waals surface area contributed by atoms with Crippen LogP contribution >= 0.6 is 11.6 Å². The zero-order chi connectivity index (χ0) is 14.8. The number of nitrogens with zero attached hydrogens (tertiary/aromatic N) is 3. The molecule has 1 amide bonds. The van der Waals surface area contributed by atoms with E-state index >= 15 is 0 Å². The second-order valence-electron chi connectivity index (χ2n) is 4.77. The van der Waals surface area contributed by atoms with Crippen LogP contribution in [0, 0.1) is 5.82 Å². The summed E-state index contributed by atoms with van der Waals surface area (Å²) < 4.78 is 13.5. The van der Waals surface area contributed by atoms with Crippen molar-refractivity contribution in [2.75, 3.05) is 18.4 Å². The molecule has 0 atom stereocenters. The summed E-state index contributed by atoms with van der Waals surface area (Å²) in [4.78, 5) is 13.7. The minimum atomic E-state index is -0.498. The first-order valence-corrected chi connectivity index (χ1v) is 6.81. The lowest BCUT2D eigenvalue weighted by atomic mass is 10.1. The Balaban J connectivity index is 1.57. The van der Waals surface area contributed by atoms with Crippen LogP contribution in [0.25, 0.3) is 0 Å². The third-order valence-electron chi connectivity index (χ3n) is 3.26. The standard InChI is InChI=1S/C14H12ClFN4O/c15-12-5-6-13(19-18-12)17-9-7-20(8-9)14(21)10-3-1-2-4-11(10)16/h1-6,9H,7-8H2,(H,17,19). The molecule has 1 N–H and O–H groups in total. The summed E-state index contributed by atoms with van der Waals surface area (Å²) in [6.45, 7) is 0.995. The number of rotatable bonds is 3. The molecule has 2 aromatic rings. The third-order valence-corrected chi connectivity index (χ3v) is 3.46. The fraction of sp³-hybridized carbons (Fsp3) is 0.214. The minimum Gasteiger partial charge on any atom is -0.362 e. The molecule has 108 valence electrons. The van der Waals surface area contributed by atoms with E-state index in [1.807, 2.05) is 0 Å². The number of hydrogen-bond donors (Lipinski definition) is 1. The van der Waals surface area contributed by atoms with Gasteiger partial charge in [-0.3, -0.25) is 4.79 Å². The molecule has 1 aliphatic rings. The van der Waals surface area contributed by atoms with Gasteiger partial charge >= 0.3 is 0 Å². The number of benzene rings is 1. The van der Waals surface area contributed by atoms with E-state index in [-0.39, 0.29) is 17.5 Å². The monoisotopic (exact) mass is 306 g/mol. The second kappa shape index (κ2) is 5.65. The number of likely N-dealkylation sites (tertiary alicyclic amines) is 1. The van der Waals surface area contributed by atoms with Crippen molar-refractivity contribution in [1.29, 1.82) is 0 Å². The molecule has 7 heteroatoms. The van der Waals surface area contributed by atoms with E-state index in [9.17, 15) is 9.18 Å². The molecule has 0 radical (unpaired) electrons. The van der Waals surface area contributed by atoms with Crippen molar-refractivity contribution < 1.29 is 9.18 Å². The van der Waals surface area contributed by atoms with E-state index in [2.05, 4.69) is 15.5 Å². The molecule has 0 saturated carbocycles. The highest BCUT2D eigenvalue weighted by Gasteiger charge is 2.32. The van der Waals surface area contributed by atoms with Crippen molar-refractivity contribution in [2.45, 2.75) is 6.04 Å². The first kappa shape index (κ1) is 13.8. The molecule has 1 aromatic heterocycles. The van der Waals surface area contributed by atoms with E-state index in [1.165, 1.54) is 12.1 Å². The highest BCUT2D eigenvalue weighted by atomic mass is 35.5. The van der Waals surface area contributed by atoms with Crippen LogP contribution in [-0.2, 0) is 0 Å². The van der Waals surface area contributed by atoms with Crippen molar-refractivity contribution >= 4 is 23.3 Å². The summed E-state index contributed by atoms with van der Waals surface area (Å²) in [6.07, 6.45) is 0. The van der Waals surface area contributed by atoms with Gasteiger partial charge in [0.2, 0.25) is 0 Å². The third kappa shape index (κ3) is 2.95. The number of nitrogens with one attached hydrogen (secondary N) is 1. The largest absolute Gasteiger partial charge is 0.362 e. The summed E-state index contributed by atoms with van der Waals surface area (Å²) in [5, 5.41) is 11.1. The molecule has 0 spiro atoms. The topological polar surface area (TPSA) is 58.1 Å². The van der Waals surface area contributed by atoms with E-state index in [0.29, 0.717) is 24.1 Å². The van der Waals surface area contributed by atoms with Crippen LogP contribution in [0.15, 0.2) is 36.4 Å². The Morgan fingerprint density at radius 2 is 2.00 bits per heavy atom. The Hall–Kier alpha value is -2.21.